The predicted octanol–water partition coefficient (Wildman–Crippen LogP) is 3.18. The molecule has 0 amide bonds. The van der Waals surface area contributed by atoms with E-state index in [0.717, 1.165) is 22.7 Å². The number of hydrogen-bond donors (Lipinski definition) is 1. The highest BCUT2D eigenvalue weighted by Crippen LogP contribution is 2.25. The molecule has 0 bridgehead atoms. The van der Waals surface area contributed by atoms with Crippen molar-refractivity contribution in [2.45, 2.75) is 0 Å². The second-order valence-corrected chi connectivity index (χ2v) is 4.90. The van der Waals surface area contributed by atoms with Gasteiger partial charge in [0.05, 0.1) is 24.0 Å². The zero-order valence-corrected chi connectivity index (χ0v) is 12.1. The first-order valence-corrected chi connectivity index (χ1v) is 6.67. The number of methoxy groups -OCH3 is 1. The largest absolute Gasteiger partial charge is 0.497 e. The van der Waals surface area contributed by atoms with Crippen molar-refractivity contribution in [3.05, 3.63) is 53.7 Å². The number of aromatic nitrogens is 3. The molecule has 2 aromatic carbocycles. The summed E-state index contributed by atoms with van der Waals surface area (Å²) in [4.78, 5) is 0. The summed E-state index contributed by atoms with van der Waals surface area (Å²) in [6.45, 7) is 0. The van der Waals surface area contributed by atoms with Gasteiger partial charge in [-0.05, 0) is 30.3 Å². The highest BCUT2D eigenvalue weighted by molar-refractivity contribution is 6.32. The van der Waals surface area contributed by atoms with Crippen LogP contribution in [-0.4, -0.2) is 22.1 Å². The van der Waals surface area contributed by atoms with Crippen LogP contribution in [0.5, 0.6) is 5.75 Å². The Morgan fingerprint density at radius 1 is 1.19 bits per heavy atom. The van der Waals surface area contributed by atoms with Crippen LogP contribution in [0.2, 0.25) is 5.02 Å². The number of nitrogens with two attached hydrogens (primary N) is 1. The molecule has 3 rings (SSSR count). The van der Waals surface area contributed by atoms with Gasteiger partial charge < -0.3 is 10.5 Å². The number of benzene rings is 2. The van der Waals surface area contributed by atoms with Gasteiger partial charge in [-0.25, -0.2) is 4.68 Å². The van der Waals surface area contributed by atoms with Crippen LogP contribution in [0.3, 0.4) is 0 Å². The quantitative estimate of drug-likeness (QED) is 0.754. The molecule has 0 saturated heterocycles. The van der Waals surface area contributed by atoms with E-state index in [9.17, 15) is 0 Å². The third-order valence-electron chi connectivity index (χ3n) is 3.08. The highest BCUT2D eigenvalue weighted by Gasteiger charge is 2.09. The maximum absolute atomic E-state index is 6.18. The number of nitrogens with zero attached hydrogens (tertiary/aromatic N) is 3. The summed E-state index contributed by atoms with van der Waals surface area (Å²) >= 11 is 6.18. The van der Waals surface area contributed by atoms with Gasteiger partial charge in [0.25, 0.3) is 0 Å². The van der Waals surface area contributed by atoms with Crippen molar-refractivity contribution >= 4 is 17.3 Å². The van der Waals surface area contributed by atoms with Crippen LogP contribution < -0.4 is 10.5 Å². The van der Waals surface area contributed by atoms with Gasteiger partial charge in [0.2, 0.25) is 0 Å². The van der Waals surface area contributed by atoms with Crippen LogP contribution in [0.15, 0.2) is 48.7 Å². The topological polar surface area (TPSA) is 66.0 Å². The Balaban J connectivity index is 1.99. The Bertz CT molecular complexity index is 785. The summed E-state index contributed by atoms with van der Waals surface area (Å²) in [5.41, 5.74) is 8.69. The summed E-state index contributed by atoms with van der Waals surface area (Å²) in [6.07, 6.45) is 1.81. The minimum atomic E-state index is 0.525. The first-order chi connectivity index (χ1) is 10.2. The maximum atomic E-state index is 6.18. The molecule has 0 aliphatic heterocycles. The Hall–Kier alpha value is -2.53. The van der Waals surface area contributed by atoms with Crippen LogP contribution >= 0.6 is 11.6 Å². The lowest BCUT2D eigenvalue weighted by Gasteiger charge is -2.03. The van der Waals surface area contributed by atoms with Gasteiger partial charge in [0.1, 0.15) is 11.4 Å². The lowest BCUT2D eigenvalue weighted by atomic mass is 10.1. The average molecular weight is 301 g/mol. The molecule has 0 aliphatic carbocycles. The fraction of sp³-hybridized carbons (Fsp3) is 0.0667. The number of halogens is 1. The molecule has 5 nitrogen and oxygen atoms in total. The molecule has 0 aliphatic rings. The van der Waals surface area contributed by atoms with Gasteiger partial charge >= 0.3 is 0 Å². The van der Waals surface area contributed by atoms with Gasteiger partial charge in [0, 0.05) is 11.3 Å². The van der Waals surface area contributed by atoms with Crippen LogP contribution in [0.25, 0.3) is 16.9 Å². The summed E-state index contributed by atoms with van der Waals surface area (Å²) in [5, 5.41) is 8.80. The van der Waals surface area contributed by atoms with Gasteiger partial charge in [-0.2, -0.15) is 0 Å². The lowest BCUT2D eigenvalue weighted by Crippen LogP contribution is -1.96. The average Bonchev–Trinajstić information content (AvgIpc) is 2.97. The molecule has 0 fully saturated rings. The number of hydrogen-bond acceptors (Lipinski definition) is 4. The standard InChI is InChI=1S/C15H13ClN4O/c1-21-12-4-2-3-10(7-12)14-9-20(19-18-14)15-6-5-11(17)8-13(15)16/h2-9H,17H2,1H3. The summed E-state index contributed by atoms with van der Waals surface area (Å²) < 4.78 is 6.83. The molecule has 1 heterocycles. The zero-order valence-electron chi connectivity index (χ0n) is 11.3. The van der Waals surface area contributed by atoms with Gasteiger partial charge in [-0.1, -0.05) is 28.9 Å². The van der Waals surface area contributed by atoms with Crippen LogP contribution in [0.4, 0.5) is 5.69 Å². The zero-order chi connectivity index (χ0) is 14.8. The minimum absolute atomic E-state index is 0.525. The van der Waals surface area contributed by atoms with Crippen molar-refractivity contribution in [1.82, 2.24) is 15.0 Å². The van der Waals surface area contributed by atoms with Crippen molar-refractivity contribution in [3.8, 4) is 22.7 Å². The van der Waals surface area contributed by atoms with E-state index >= 15 is 0 Å². The van der Waals surface area contributed by atoms with E-state index in [2.05, 4.69) is 10.3 Å². The third kappa shape index (κ3) is 2.68. The second-order valence-electron chi connectivity index (χ2n) is 4.49. The second kappa shape index (κ2) is 5.46. The molecule has 21 heavy (non-hydrogen) atoms. The first kappa shape index (κ1) is 13.5. The van der Waals surface area contributed by atoms with Crippen LogP contribution in [-0.2, 0) is 0 Å². The molecular formula is C15H13ClN4O. The Kier molecular flexibility index (Phi) is 3.50. The summed E-state index contributed by atoms with van der Waals surface area (Å²) in [7, 11) is 1.63. The molecule has 2 N–H and O–H groups in total. The highest BCUT2D eigenvalue weighted by atomic mass is 35.5. The van der Waals surface area contributed by atoms with E-state index in [0.29, 0.717) is 10.7 Å². The van der Waals surface area contributed by atoms with E-state index in [1.165, 1.54) is 0 Å². The third-order valence-corrected chi connectivity index (χ3v) is 3.38. The molecule has 3 aromatic rings. The molecule has 0 atom stereocenters. The smallest absolute Gasteiger partial charge is 0.119 e. The Morgan fingerprint density at radius 2 is 2.05 bits per heavy atom. The fourth-order valence-electron chi connectivity index (χ4n) is 2.01. The SMILES string of the molecule is COc1cccc(-c2cn(-c3ccc(N)cc3Cl)nn2)c1. The van der Waals surface area contributed by atoms with E-state index in [1.54, 1.807) is 23.9 Å². The van der Waals surface area contributed by atoms with Crippen molar-refractivity contribution in [2.24, 2.45) is 0 Å². The van der Waals surface area contributed by atoms with Gasteiger partial charge in [-0.15, -0.1) is 5.10 Å². The molecule has 0 radical (unpaired) electrons. The van der Waals surface area contributed by atoms with Crippen LogP contribution in [0, 0.1) is 0 Å². The Labute approximate surface area is 126 Å². The monoisotopic (exact) mass is 300 g/mol. The molecule has 6 heteroatoms. The van der Waals surface area contributed by atoms with E-state index in [4.69, 9.17) is 22.1 Å². The number of anilines is 1. The number of rotatable bonds is 3. The van der Waals surface area contributed by atoms with Gasteiger partial charge in [0.15, 0.2) is 0 Å². The lowest BCUT2D eigenvalue weighted by molar-refractivity contribution is 0.415. The van der Waals surface area contributed by atoms with E-state index < -0.39 is 0 Å². The van der Waals surface area contributed by atoms with Crippen molar-refractivity contribution in [3.63, 3.8) is 0 Å². The molecule has 0 unspecified atom stereocenters. The normalized spacial score (nSPS) is 10.6. The van der Waals surface area contributed by atoms with Crippen molar-refractivity contribution < 1.29 is 4.74 Å². The maximum Gasteiger partial charge on any atom is 0.119 e. The van der Waals surface area contributed by atoms with Crippen molar-refractivity contribution in [1.29, 1.82) is 0 Å². The number of nitrogen functional groups attached to an aromatic ring is 1. The van der Waals surface area contributed by atoms with Crippen LogP contribution in [0.1, 0.15) is 0 Å². The molecule has 0 saturated carbocycles. The summed E-state index contributed by atoms with van der Waals surface area (Å²) in [6, 6.07) is 12.9. The van der Waals surface area contributed by atoms with Crippen molar-refractivity contribution in [2.75, 3.05) is 12.8 Å². The van der Waals surface area contributed by atoms with Gasteiger partial charge in [-0.3, -0.25) is 0 Å². The minimum Gasteiger partial charge on any atom is -0.497 e. The number of ether oxygens (including phenoxy) is 1. The molecule has 0 spiro atoms. The van der Waals surface area contributed by atoms with E-state index in [1.807, 2.05) is 36.5 Å². The molecular weight excluding hydrogens is 288 g/mol. The first-order valence-electron chi connectivity index (χ1n) is 6.29. The molecule has 1 aromatic heterocycles. The molecule has 106 valence electrons. The Morgan fingerprint density at radius 3 is 2.81 bits per heavy atom. The predicted molar refractivity (Wildman–Crippen MR) is 82.8 cm³/mol. The fourth-order valence-corrected chi connectivity index (χ4v) is 2.28. The summed E-state index contributed by atoms with van der Waals surface area (Å²) in [5.74, 6) is 0.771. The van der Waals surface area contributed by atoms with E-state index in [-0.39, 0.29) is 0 Å².